The van der Waals surface area contributed by atoms with Crippen molar-refractivity contribution < 1.29 is 0 Å². The average molecular weight is 505 g/mol. The lowest BCUT2D eigenvalue weighted by Crippen LogP contribution is -1.97. The Morgan fingerprint density at radius 2 is 0.675 bits per heavy atom. The van der Waals surface area contributed by atoms with Crippen molar-refractivity contribution in [1.29, 1.82) is 10.5 Å². The van der Waals surface area contributed by atoms with Crippen molar-refractivity contribution in [1.82, 2.24) is 0 Å². The Morgan fingerprint density at radius 3 is 1.02 bits per heavy atom. The van der Waals surface area contributed by atoms with Crippen LogP contribution in [0.3, 0.4) is 0 Å². The molecule has 0 amide bonds. The standard InChI is InChI=1S/C38H20N2/c39-21-25-19-31(23-11-3-1-4-12-23)35-29-17-9-7-15-27(29)34-26(22-40)20-32(24-13-5-2-6-14-24)36-30-18-10-8-16-28(30)33(25)37(35)38(34)36/h1-20H. The number of nitriles is 2. The van der Waals surface area contributed by atoms with Crippen molar-refractivity contribution in [2.45, 2.75) is 0 Å². The fraction of sp³-hybridized carbons (Fsp3) is 0. The van der Waals surface area contributed by atoms with Crippen LogP contribution >= 0.6 is 0 Å². The fourth-order valence-corrected chi connectivity index (χ4v) is 6.69. The topological polar surface area (TPSA) is 47.6 Å². The van der Waals surface area contributed by atoms with Crippen LogP contribution in [0, 0.1) is 22.7 Å². The van der Waals surface area contributed by atoms with E-state index in [1.54, 1.807) is 0 Å². The molecule has 0 saturated carbocycles. The quantitative estimate of drug-likeness (QED) is 0.174. The summed E-state index contributed by atoms with van der Waals surface area (Å²) in [6.07, 6.45) is 0. The Labute approximate surface area is 230 Å². The molecular weight excluding hydrogens is 484 g/mol. The van der Waals surface area contributed by atoms with Gasteiger partial charge in [-0.15, -0.1) is 0 Å². The van der Waals surface area contributed by atoms with E-state index in [4.69, 9.17) is 0 Å². The largest absolute Gasteiger partial charge is 0.192 e. The highest BCUT2D eigenvalue weighted by atomic mass is 14.3. The minimum atomic E-state index is 0.643. The minimum absolute atomic E-state index is 0.643. The molecule has 0 spiro atoms. The third-order valence-electron chi connectivity index (χ3n) is 8.25. The van der Waals surface area contributed by atoms with Crippen molar-refractivity contribution in [2.75, 3.05) is 0 Å². The Hall–Kier alpha value is -5.70. The van der Waals surface area contributed by atoms with Gasteiger partial charge in [-0.2, -0.15) is 10.5 Å². The molecule has 2 heteroatoms. The third-order valence-corrected chi connectivity index (χ3v) is 8.25. The van der Waals surface area contributed by atoms with E-state index in [1.807, 2.05) is 48.5 Å². The van der Waals surface area contributed by atoms with Gasteiger partial charge in [0.25, 0.3) is 0 Å². The summed E-state index contributed by atoms with van der Waals surface area (Å²) < 4.78 is 0. The van der Waals surface area contributed by atoms with Crippen molar-refractivity contribution in [3.63, 3.8) is 0 Å². The number of hydrogen-bond donors (Lipinski definition) is 0. The summed E-state index contributed by atoms with van der Waals surface area (Å²) in [5, 5.41) is 31.6. The molecule has 0 radical (unpaired) electrons. The lowest BCUT2D eigenvalue weighted by molar-refractivity contribution is 1.50. The Bertz CT molecular complexity index is 2200. The van der Waals surface area contributed by atoms with E-state index < -0.39 is 0 Å². The van der Waals surface area contributed by atoms with Crippen LogP contribution in [0.15, 0.2) is 121 Å². The van der Waals surface area contributed by atoms with Gasteiger partial charge in [-0.05, 0) is 66.7 Å². The normalized spacial score (nSPS) is 11.4. The van der Waals surface area contributed by atoms with Crippen LogP contribution < -0.4 is 0 Å². The van der Waals surface area contributed by atoms with Crippen LogP contribution in [0.5, 0.6) is 0 Å². The van der Waals surface area contributed by atoms with Gasteiger partial charge < -0.3 is 0 Å². The molecule has 0 atom stereocenters. The Kier molecular flexibility index (Phi) is 4.68. The van der Waals surface area contributed by atoms with E-state index in [-0.39, 0.29) is 0 Å². The van der Waals surface area contributed by atoms with Crippen LogP contribution in [-0.2, 0) is 0 Å². The van der Waals surface area contributed by atoms with Gasteiger partial charge in [-0.25, -0.2) is 0 Å². The summed E-state index contributed by atoms with van der Waals surface area (Å²) in [5.74, 6) is 0. The smallest absolute Gasteiger partial charge is 0.0998 e. The van der Waals surface area contributed by atoms with E-state index in [0.717, 1.165) is 76.1 Å². The van der Waals surface area contributed by atoms with Crippen LogP contribution in [0.1, 0.15) is 11.1 Å². The van der Waals surface area contributed by atoms with Crippen LogP contribution in [0.4, 0.5) is 0 Å². The van der Waals surface area contributed by atoms with Gasteiger partial charge in [0.05, 0.1) is 23.3 Å². The molecule has 40 heavy (non-hydrogen) atoms. The Balaban J connectivity index is 1.81. The summed E-state index contributed by atoms with van der Waals surface area (Å²) in [4.78, 5) is 0. The SMILES string of the molecule is N#Cc1cc(-c2ccccc2)c2c3ccccc3c3c(C#N)cc(-c4ccccc4)c4c5ccccc5c1c2c34. The molecule has 8 rings (SSSR count). The lowest BCUT2D eigenvalue weighted by Gasteiger charge is -2.23. The molecule has 0 aliphatic heterocycles. The zero-order valence-electron chi connectivity index (χ0n) is 21.4. The highest BCUT2D eigenvalue weighted by Crippen LogP contribution is 2.51. The molecule has 2 nitrogen and oxygen atoms in total. The molecule has 0 N–H and O–H groups in total. The summed E-state index contributed by atoms with van der Waals surface area (Å²) >= 11 is 0. The van der Waals surface area contributed by atoms with Gasteiger partial charge in [0.15, 0.2) is 0 Å². The highest BCUT2D eigenvalue weighted by molar-refractivity contribution is 6.44. The maximum absolute atomic E-state index is 10.5. The molecule has 0 bridgehead atoms. The van der Waals surface area contributed by atoms with Crippen molar-refractivity contribution in [2.24, 2.45) is 0 Å². The summed E-state index contributed by atoms with van der Waals surface area (Å²) in [7, 11) is 0. The molecule has 0 aliphatic rings. The second-order valence-corrected chi connectivity index (χ2v) is 10.2. The average Bonchev–Trinajstić information content (AvgIpc) is 3.04. The second kappa shape index (κ2) is 8.40. The summed E-state index contributed by atoms with van der Waals surface area (Å²) in [5.41, 5.74) is 5.48. The number of fused-ring (bicyclic) bond motifs is 6. The molecule has 0 heterocycles. The first-order chi connectivity index (χ1) is 19.8. The lowest BCUT2D eigenvalue weighted by atomic mass is 9.79. The second-order valence-electron chi connectivity index (χ2n) is 10.2. The predicted octanol–water partition coefficient (Wildman–Crippen LogP) is 9.97. The molecule has 8 aromatic rings. The number of nitrogens with zero attached hydrogens (tertiary/aromatic N) is 2. The zero-order valence-corrected chi connectivity index (χ0v) is 21.4. The van der Waals surface area contributed by atoms with Gasteiger partial charge in [0.2, 0.25) is 0 Å². The molecule has 0 fully saturated rings. The van der Waals surface area contributed by atoms with E-state index in [2.05, 4.69) is 84.9 Å². The molecular formula is C38H20N2. The fourth-order valence-electron chi connectivity index (χ4n) is 6.69. The molecule has 8 aromatic carbocycles. The van der Waals surface area contributed by atoms with Crippen molar-refractivity contribution in [3.05, 3.63) is 132 Å². The number of benzene rings is 8. The van der Waals surface area contributed by atoms with Gasteiger partial charge in [0.1, 0.15) is 0 Å². The monoisotopic (exact) mass is 504 g/mol. The van der Waals surface area contributed by atoms with Crippen molar-refractivity contribution in [3.8, 4) is 34.4 Å². The number of hydrogen-bond acceptors (Lipinski definition) is 2. The van der Waals surface area contributed by atoms with Gasteiger partial charge in [-0.3, -0.25) is 0 Å². The first-order valence-corrected chi connectivity index (χ1v) is 13.3. The third kappa shape index (κ3) is 2.91. The molecule has 0 unspecified atom stereocenters. The number of rotatable bonds is 2. The van der Waals surface area contributed by atoms with Crippen molar-refractivity contribution >= 4 is 53.9 Å². The summed E-state index contributed by atoms with van der Waals surface area (Å²) in [6, 6.07) is 46.6. The van der Waals surface area contributed by atoms with E-state index in [1.165, 1.54) is 0 Å². The minimum Gasteiger partial charge on any atom is -0.192 e. The Morgan fingerprint density at radius 1 is 0.350 bits per heavy atom. The maximum atomic E-state index is 10.5. The summed E-state index contributed by atoms with van der Waals surface area (Å²) in [6.45, 7) is 0. The van der Waals surface area contributed by atoms with E-state index in [9.17, 15) is 10.5 Å². The predicted molar refractivity (Wildman–Crippen MR) is 165 cm³/mol. The van der Waals surface area contributed by atoms with Crippen LogP contribution in [0.25, 0.3) is 76.1 Å². The molecule has 0 saturated heterocycles. The van der Waals surface area contributed by atoms with Crippen LogP contribution in [0.2, 0.25) is 0 Å². The van der Waals surface area contributed by atoms with Gasteiger partial charge in [-0.1, -0.05) is 109 Å². The molecule has 0 aliphatic carbocycles. The van der Waals surface area contributed by atoms with Gasteiger partial charge >= 0.3 is 0 Å². The highest BCUT2D eigenvalue weighted by Gasteiger charge is 2.25. The maximum Gasteiger partial charge on any atom is 0.0998 e. The van der Waals surface area contributed by atoms with E-state index >= 15 is 0 Å². The zero-order chi connectivity index (χ0) is 26.8. The van der Waals surface area contributed by atoms with Crippen LogP contribution in [-0.4, -0.2) is 0 Å². The van der Waals surface area contributed by atoms with E-state index in [0.29, 0.717) is 11.1 Å². The first-order valence-electron chi connectivity index (χ1n) is 13.3. The first kappa shape index (κ1) is 22.3. The molecule has 182 valence electrons. The molecule has 0 aromatic heterocycles. The van der Waals surface area contributed by atoms with Gasteiger partial charge in [0, 0.05) is 21.5 Å².